The molecule has 0 fully saturated rings. The van der Waals surface area contributed by atoms with Crippen LogP contribution in [0.1, 0.15) is 361 Å². The second-order valence-corrected chi connectivity index (χ2v) is 21.8. The first-order valence-corrected chi connectivity index (χ1v) is 31.3. The fraction of sp³-hybridized carbons (Fsp3) is 0.968. The van der Waals surface area contributed by atoms with Crippen LogP contribution in [-0.4, -0.2) is 47.4 Å². The van der Waals surface area contributed by atoms with E-state index in [1.54, 1.807) is 0 Å². The number of hydrogen-bond donors (Lipinski definition) is 3. The minimum absolute atomic E-state index is 0.0126. The fourth-order valence-corrected chi connectivity index (χ4v) is 10.1. The van der Waals surface area contributed by atoms with Crippen molar-refractivity contribution in [3.05, 3.63) is 0 Å². The van der Waals surface area contributed by atoms with Crippen molar-refractivity contribution in [1.82, 2.24) is 5.32 Å². The normalized spacial score (nSPS) is 12.5. The number of aliphatic hydroxyl groups is 2. The Morgan fingerprint density at radius 2 is 0.603 bits per heavy atom. The predicted molar refractivity (Wildman–Crippen MR) is 297 cm³/mol. The largest absolute Gasteiger partial charge is 0.466 e. The van der Waals surface area contributed by atoms with Crippen molar-refractivity contribution >= 4 is 11.9 Å². The van der Waals surface area contributed by atoms with Crippen LogP contribution in [0.5, 0.6) is 0 Å². The molecule has 68 heavy (non-hydrogen) atoms. The van der Waals surface area contributed by atoms with E-state index in [9.17, 15) is 19.8 Å². The van der Waals surface area contributed by atoms with Crippen molar-refractivity contribution in [3.63, 3.8) is 0 Å². The van der Waals surface area contributed by atoms with Crippen molar-refractivity contribution in [2.75, 3.05) is 13.2 Å². The van der Waals surface area contributed by atoms with Gasteiger partial charge >= 0.3 is 5.97 Å². The summed E-state index contributed by atoms with van der Waals surface area (Å²) in [7, 11) is 0. The van der Waals surface area contributed by atoms with Gasteiger partial charge in [-0.05, 0) is 25.7 Å². The summed E-state index contributed by atoms with van der Waals surface area (Å²) >= 11 is 0. The molecule has 2 atom stereocenters. The van der Waals surface area contributed by atoms with Gasteiger partial charge in [0.1, 0.15) is 0 Å². The topological polar surface area (TPSA) is 95.9 Å². The van der Waals surface area contributed by atoms with Crippen LogP contribution in [0, 0.1) is 0 Å². The van der Waals surface area contributed by atoms with Crippen molar-refractivity contribution in [2.24, 2.45) is 0 Å². The molecule has 0 aromatic heterocycles. The van der Waals surface area contributed by atoms with E-state index in [4.69, 9.17) is 4.74 Å². The van der Waals surface area contributed by atoms with E-state index >= 15 is 0 Å². The lowest BCUT2D eigenvalue weighted by Crippen LogP contribution is -2.45. The molecule has 0 rings (SSSR count). The monoisotopic (exact) mass is 962 g/mol. The van der Waals surface area contributed by atoms with Gasteiger partial charge in [-0.15, -0.1) is 0 Å². The van der Waals surface area contributed by atoms with Gasteiger partial charge in [0.15, 0.2) is 0 Å². The zero-order valence-electron chi connectivity index (χ0n) is 46.4. The van der Waals surface area contributed by atoms with Crippen molar-refractivity contribution in [3.8, 4) is 0 Å². The second-order valence-electron chi connectivity index (χ2n) is 21.8. The number of carbonyl (C=O) groups is 2. The zero-order valence-corrected chi connectivity index (χ0v) is 46.4. The van der Waals surface area contributed by atoms with Gasteiger partial charge in [0.25, 0.3) is 0 Å². The molecule has 6 nitrogen and oxygen atoms in total. The lowest BCUT2D eigenvalue weighted by atomic mass is 10.0. The number of unbranched alkanes of at least 4 members (excludes halogenated alkanes) is 48. The van der Waals surface area contributed by atoms with Gasteiger partial charge in [0, 0.05) is 12.8 Å². The molecule has 3 N–H and O–H groups in total. The molecule has 6 heteroatoms. The van der Waals surface area contributed by atoms with Crippen LogP contribution in [0.15, 0.2) is 0 Å². The third kappa shape index (κ3) is 54.2. The molecule has 0 aliphatic rings. The quantitative estimate of drug-likeness (QED) is 0.0417. The molecule has 2 unspecified atom stereocenters. The van der Waals surface area contributed by atoms with Gasteiger partial charge in [0.05, 0.1) is 25.4 Å². The Morgan fingerprint density at radius 1 is 0.353 bits per heavy atom. The number of rotatable bonds is 59. The Hall–Kier alpha value is -1.14. The lowest BCUT2D eigenvalue weighted by molar-refractivity contribution is -0.143. The number of ether oxygens (including phenoxy) is 1. The summed E-state index contributed by atoms with van der Waals surface area (Å²) in [5.41, 5.74) is 0. The highest BCUT2D eigenvalue weighted by Gasteiger charge is 2.20. The number of amides is 1. The summed E-state index contributed by atoms with van der Waals surface area (Å²) in [6, 6.07) is -0.543. The molecule has 0 heterocycles. The minimum atomic E-state index is -0.665. The van der Waals surface area contributed by atoms with Gasteiger partial charge in [-0.25, -0.2) is 0 Å². The average Bonchev–Trinajstić information content (AvgIpc) is 3.34. The van der Waals surface area contributed by atoms with E-state index in [0.29, 0.717) is 25.9 Å². The smallest absolute Gasteiger partial charge is 0.305 e. The van der Waals surface area contributed by atoms with Crippen LogP contribution in [0.2, 0.25) is 0 Å². The molecular formula is C62H123NO5. The fourth-order valence-electron chi connectivity index (χ4n) is 10.1. The maximum absolute atomic E-state index is 12.5. The van der Waals surface area contributed by atoms with Crippen LogP contribution >= 0.6 is 0 Å². The number of esters is 1. The molecule has 0 saturated carbocycles. The zero-order chi connectivity index (χ0) is 49.3. The average molecular weight is 963 g/mol. The van der Waals surface area contributed by atoms with Gasteiger partial charge < -0.3 is 20.3 Å². The molecule has 1 amide bonds. The molecule has 0 aromatic carbocycles. The molecule has 0 aromatic rings. The molecule has 0 spiro atoms. The summed E-state index contributed by atoms with van der Waals surface area (Å²) in [5, 5.41) is 23.3. The minimum Gasteiger partial charge on any atom is -0.466 e. The molecule has 0 aliphatic carbocycles. The molecule has 0 radical (unpaired) electrons. The highest BCUT2D eigenvalue weighted by Crippen LogP contribution is 2.19. The highest BCUT2D eigenvalue weighted by molar-refractivity contribution is 5.76. The first-order chi connectivity index (χ1) is 33.5. The molecule has 406 valence electrons. The van der Waals surface area contributed by atoms with E-state index in [1.165, 1.54) is 289 Å². The van der Waals surface area contributed by atoms with Crippen LogP contribution in [0.25, 0.3) is 0 Å². The lowest BCUT2D eigenvalue weighted by Gasteiger charge is -2.22. The Bertz CT molecular complexity index is 975. The van der Waals surface area contributed by atoms with Crippen molar-refractivity contribution in [1.29, 1.82) is 0 Å². The third-order valence-electron chi connectivity index (χ3n) is 14.9. The Morgan fingerprint density at radius 3 is 0.897 bits per heavy atom. The predicted octanol–water partition coefficient (Wildman–Crippen LogP) is 19.5. The first-order valence-electron chi connectivity index (χ1n) is 31.3. The van der Waals surface area contributed by atoms with Crippen LogP contribution in [-0.2, 0) is 14.3 Å². The summed E-state index contributed by atoms with van der Waals surface area (Å²) < 4.78 is 5.48. The van der Waals surface area contributed by atoms with Gasteiger partial charge in [-0.3, -0.25) is 9.59 Å². The van der Waals surface area contributed by atoms with Crippen molar-refractivity contribution in [2.45, 2.75) is 373 Å². The molecular weight excluding hydrogens is 839 g/mol. The van der Waals surface area contributed by atoms with Crippen molar-refractivity contribution < 1.29 is 24.5 Å². The Balaban J connectivity index is 3.38. The number of hydrogen-bond acceptors (Lipinski definition) is 5. The maximum Gasteiger partial charge on any atom is 0.305 e. The van der Waals surface area contributed by atoms with Crippen LogP contribution in [0.3, 0.4) is 0 Å². The van der Waals surface area contributed by atoms with E-state index in [1.807, 2.05) is 0 Å². The van der Waals surface area contributed by atoms with E-state index < -0.39 is 12.1 Å². The summed E-state index contributed by atoms with van der Waals surface area (Å²) in [5.74, 6) is -0.0212. The molecule has 0 bridgehead atoms. The summed E-state index contributed by atoms with van der Waals surface area (Å²) in [6.07, 6.45) is 68.2. The van der Waals surface area contributed by atoms with E-state index in [2.05, 4.69) is 19.2 Å². The third-order valence-corrected chi connectivity index (χ3v) is 14.9. The van der Waals surface area contributed by atoms with E-state index in [-0.39, 0.29) is 18.5 Å². The number of aliphatic hydroxyl groups excluding tert-OH is 2. The number of nitrogens with one attached hydrogen (secondary N) is 1. The van der Waals surface area contributed by atoms with Gasteiger partial charge in [-0.2, -0.15) is 0 Å². The van der Waals surface area contributed by atoms with Crippen LogP contribution in [0.4, 0.5) is 0 Å². The maximum atomic E-state index is 12.5. The standard InChI is InChI=1S/C62H123NO5/c1-3-5-7-9-11-13-15-17-19-20-24-27-30-34-38-42-46-50-54-60(65)59(58-64)63-61(66)55-51-47-43-39-35-31-28-25-22-21-23-26-29-33-37-41-45-49-53-57-68-62(67)56-52-48-44-40-36-32-18-16-14-12-10-8-6-4-2/h59-60,64-65H,3-58H2,1-2H3,(H,63,66). The molecule has 0 saturated heterocycles. The molecule has 0 aliphatic heterocycles. The highest BCUT2D eigenvalue weighted by atomic mass is 16.5. The second kappa shape index (κ2) is 58.4. The van der Waals surface area contributed by atoms with E-state index in [0.717, 1.165) is 38.5 Å². The first kappa shape index (κ1) is 66.9. The van der Waals surface area contributed by atoms with Gasteiger partial charge in [-0.1, -0.05) is 322 Å². The summed E-state index contributed by atoms with van der Waals surface area (Å²) in [6.45, 7) is 4.98. The SMILES string of the molecule is CCCCCCCCCCCCCCCCCCCCC(O)C(CO)NC(=O)CCCCCCCCCCCCCCCCCCCCCOC(=O)CCCCCCCCCCCCCCCC. The summed E-state index contributed by atoms with van der Waals surface area (Å²) in [4.78, 5) is 24.6. The Kier molecular flexibility index (Phi) is 57.5. The number of carbonyl (C=O) groups excluding carboxylic acids is 2. The Labute approximate surface area is 426 Å². The van der Waals surface area contributed by atoms with Gasteiger partial charge in [0.2, 0.25) is 5.91 Å². The van der Waals surface area contributed by atoms with Crippen LogP contribution < -0.4 is 5.32 Å².